The molecule has 0 spiro atoms. The van der Waals surface area contributed by atoms with Gasteiger partial charge in [0.05, 0.1) is 33.8 Å². The van der Waals surface area contributed by atoms with E-state index in [1.54, 1.807) is 24.3 Å². The SMILES string of the molecule is COc1cccc(C2/C(=C(\O)c3ccc(Cl)c(Cl)c3)C(=O)C(=O)N2c2ccc(F)c(Cl)c2)c1. The van der Waals surface area contributed by atoms with Gasteiger partial charge in [-0.2, -0.15) is 0 Å². The Balaban J connectivity index is 1.97. The smallest absolute Gasteiger partial charge is 0.300 e. The Morgan fingerprint density at radius 2 is 1.73 bits per heavy atom. The van der Waals surface area contributed by atoms with E-state index in [9.17, 15) is 19.1 Å². The lowest BCUT2D eigenvalue weighted by Gasteiger charge is -2.26. The lowest BCUT2D eigenvalue weighted by molar-refractivity contribution is -0.132. The van der Waals surface area contributed by atoms with Crippen LogP contribution in [-0.4, -0.2) is 23.9 Å². The molecule has 1 heterocycles. The fourth-order valence-corrected chi connectivity index (χ4v) is 4.13. The number of hydrogen-bond donors (Lipinski definition) is 1. The lowest BCUT2D eigenvalue weighted by Crippen LogP contribution is -2.29. The Morgan fingerprint density at radius 1 is 0.970 bits per heavy atom. The number of nitrogens with zero attached hydrogens (tertiary/aromatic N) is 1. The molecular formula is C24H15Cl3FNO4. The number of ether oxygens (including phenoxy) is 1. The first-order valence-electron chi connectivity index (χ1n) is 9.58. The Labute approximate surface area is 203 Å². The number of halogens is 4. The number of Topliss-reactive ketones (excluding diaryl/α,β-unsaturated/α-hetero) is 1. The Morgan fingerprint density at radius 3 is 2.39 bits per heavy atom. The summed E-state index contributed by atoms with van der Waals surface area (Å²) in [7, 11) is 1.48. The first-order chi connectivity index (χ1) is 15.7. The number of methoxy groups -OCH3 is 1. The van der Waals surface area contributed by atoms with Crippen molar-refractivity contribution >= 4 is 57.9 Å². The monoisotopic (exact) mass is 505 g/mol. The highest BCUT2D eigenvalue weighted by Gasteiger charge is 2.47. The molecule has 1 fully saturated rings. The van der Waals surface area contributed by atoms with Crippen LogP contribution in [0.3, 0.4) is 0 Å². The van der Waals surface area contributed by atoms with Gasteiger partial charge in [0.2, 0.25) is 0 Å². The number of anilines is 1. The van der Waals surface area contributed by atoms with Gasteiger partial charge in [0.15, 0.2) is 0 Å². The molecule has 1 N–H and O–H groups in total. The van der Waals surface area contributed by atoms with Gasteiger partial charge in [-0.3, -0.25) is 14.5 Å². The summed E-state index contributed by atoms with van der Waals surface area (Å²) < 4.78 is 19.1. The van der Waals surface area contributed by atoms with Gasteiger partial charge in [0.25, 0.3) is 11.7 Å². The molecule has 0 saturated carbocycles. The maximum Gasteiger partial charge on any atom is 0.300 e. The minimum Gasteiger partial charge on any atom is -0.507 e. The van der Waals surface area contributed by atoms with E-state index < -0.39 is 29.3 Å². The van der Waals surface area contributed by atoms with Crippen LogP contribution in [0.2, 0.25) is 15.1 Å². The third-order valence-electron chi connectivity index (χ3n) is 5.23. The Bertz CT molecular complexity index is 1320. The summed E-state index contributed by atoms with van der Waals surface area (Å²) in [5.41, 5.74) is 0.694. The topological polar surface area (TPSA) is 66.8 Å². The molecule has 168 valence electrons. The van der Waals surface area contributed by atoms with Gasteiger partial charge in [-0.25, -0.2) is 4.39 Å². The Hall–Kier alpha value is -3.06. The first-order valence-corrected chi connectivity index (χ1v) is 10.7. The fraction of sp³-hybridized carbons (Fsp3) is 0.0833. The highest BCUT2D eigenvalue weighted by molar-refractivity contribution is 6.52. The summed E-state index contributed by atoms with van der Waals surface area (Å²) in [5.74, 6) is -2.47. The second-order valence-electron chi connectivity index (χ2n) is 7.17. The van der Waals surface area contributed by atoms with Crippen LogP contribution < -0.4 is 9.64 Å². The number of carbonyl (C=O) groups excluding carboxylic acids is 2. The summed E-state index contributed by atoms with van der Waals surface area (Å²) in [4.78, 5) is 27.4. The molecule has 9 heteroatoms. The van der Waals surface area contributed by atoms with Gasteiger partial charge in [-0.05, 0) is 54.1 Å². The zero-order valence-corrected chi connectivity index (χ0v) is 19.2. The predicted octanol–water partition coefficient (Wildman–Crippen LogP) is 6.42. The third kappa shape index (κ3) is 4.17. The van der Waals surface area contributed by atoms with Crippen molar-refractivity contribution in [2.45, 2.75) is 6.04 Å². The second kappa shape index (κ2) is 9.06. The van der Waals surface area contributed by atoms with Gasteiger partial charge in [-0.15, -0.1) is 0 Å². The summed E-state index contributed by atoms with van der Waals surface area (Å²) >= 11 is 18.0. The minimum absolute atomic E-state index is 0.165. The van der Waals surface area contributed by atoms with Crippen LogP contribution in [-0.2, 0) is 9.59 Å². The van der Waals surface area contributed by atoms with E-state index in [4.69, 9.17) is 39.5 Å². The zero-order valence-electron chi connectivity index (χ0n) is 17.0. The lowest BCUT2D eigenvalue weighted by atomic mass is 9.95. The molecule has 3 aromatic rings. The molecule has 1 atom stereocenters. The number of aliphatic hydroxyl groups is 1. The summed E-state index contributed by atoms with van der Waals surface area (Å²) in [6.45, 7) is 0. The Kier molecular flexibility index (Phi) is 6.34. The molecule has 0 aliphatic carbocycles. The molecule has 0 radical (unpaired) electrons. The normalized spacial score (nSPS) is 17.5. The molecule has 3 aromatic carbocycles. The summed E-state index contributed by atoms with van der Waals surface area (Å²) in [6, 6.07) is 13.7. The van der Waals surface area contributed by atoms with Crippen LogP contribution in [0, 0.1) is 5.82 Å². The van der Waals surface area contributed by atoms with Crippen molar-refractivity contribution in [1.82, 2.24) is 0 Å². The van der Waals surface area contributed by atoms with Crippen molar-refractivity contribution in [2.24, 2.45) is 0 Å². The van der Waals surface area contributed by atoms with Gasteiger partial charge >= 0.3 is 0 Å². The van der Waals surface area contributed by atoms with Gasteiger partial charge in [0.1, 0.15) is 17.3 Å². The third-order valence-corrected chi connectivity index (χ3v) is 6.26. The van der Waals surface area contributed by atoms with E-state index in [-0.39, 0.29) is 31.9 Å². The van der Waals surface area contributed by atoms with Crippen LogP contribution in [0.25, 0.3) is 5.76 Å². The summed E-state index contributed by atoms with van der Waals surface area (Å²) in [6.07, 6.45) is 0. The zero-order chi connectivity index (χ0) is 23.9. The van der Waals surface area contributed by atoms with Crippen molar-refractivity contribution in [3.63, 3.8) is 0 Å². The van der Waals surface area contributed by atoms with Crippen molar-refractivity contribution in [1.29, 1.82) is 0 Å². The largest absolute Gasteiger partial charge is 0.507 e. The average Bonchev–Trinajstić information content (AvgIpc) is 3.07. The molecule has 1 amide bonds. The van der Waals surface area contributed by atoms with E-state index in [1.807, 2.05) is 0 Å². The average molecular weight is 507 g/mol. The van der Waals surface area contributed by atoms with Gasteiger partial charge in [-0.1, -0.05) is 46.9 Å². The fourth-order valence-electron chi connectivity index (χ4n) is 3.66. The minimum atomic E-state index is -1.05. The van der Waals surface area contributed by atoms with Crippen LogP contribution in [0.4, 0.5) is 10.1 Å². The molecule has 5 nitrogen and oxygen atoms in total. The van der Waals surface area contributed by atoms with E-state index in [0.29, 0.717) is 11.3 Å². The number of hydrogen-bond acceptors (Lipinski definition) is 4. The van der Waals surface area contributed by atoms with Crippen LogP contribution >= 0.6 is 34.8 Å². The second-order valence-corrected chi connectivity index (χ2v) is 8.39. The number of benzene rings is 3. The van der Waals surface area contributed by atoms with E-state index >= 15 is 0 Å². The molecule has 0 bridgehead atoms. The van der Waals surface area contributed by atoms with Crippen LogP contribution in [0.5, 0.6) is 5.75 Å². The van der Waals surface area contributed by atoms with Gasteiger partial charge < -0.3 is 9.84 Å². The molecule has 0 aromatic heterocycles. The van der Waals surface area contributed by atoms with Crippen molar-refractivity contribution in [2.75, 3.05) is 12.0 Å². The van der Waals surface area contributed by atoms with E-state index in [0.717, 1.165) is 11.0 Å². The number of carbonyl (C=O) groups is 2. The molecule has 1 aliphatic heterocycles. The quantitative estimate of drug-likeness (QED) is 0.252. The van der Waals surface area contributed by atoms with Crippen molar-refractivity contribution < 1.29 is 23.8 Å². The molecule has 1 saturated heterocycles. The van der Waals surface area contributed by atoms with Crippen LogP contribution in [0.1, 0.15) is 17.2 Å². The molecule has 1 unspecified atom stereocenters. The number of ketones is 1. The van der Waals surface area contributed by atoms with Crippen molar-refractivity contribution in [3.05, 3.63) is 98.2 Å². The predicted molar refractivity (Wildman–Crippen MR) is 126 cm³/mol. The summed E-state index contributed by atoms with van der Waals surface area (Å²) in [5, 5.41) is 11.3. The maximum atomic E-state index is 13.8. The maximum absolute atomic E-state index is 13.8. The number of amides is 1. The highest BCUT2D eigenvalue weighted by atomic mass is 35.5. The number of rotatable bonds is 4. The first kappa shape index (κ1) is 23.1. The molecule has 4 rings (SSSR count). The highest BCUT2D eigenvalue weighted by Crippen LogP contribution is 2.43. The van der Waals surface area contributed by atoms with E-state index in [1.165, 1.54) is 37.4 Å². The standard InChI is InChI=1S/C24H15Cl3FNO4/c1-33-15-4-2-3-12(9-15)21-20(22(30)13-5-7-16(25)17(26)10-13)23(31)24(32)29(21)14-6-8-19(28)18(27)11-14/h2-11,21,30H,1H3/b22-20+. The molecule has 33 heavy (non-hydrogen) atoms. The number of aliphatic hydroxyl groups excluding tert-OH is 1. The van der Waals surface area contributed by atoms with Gasteiger partial charge in [0, 0.05) is 11.3 Å². The molecular weight excluding hydrogens is 492 g/mol. The van der Waals surface area contributed by atoms with Crippen LogP contribution in [0.15, 0.2) is 66.2 Å². The van der Waals surface area contributed by atoms with E-state index in [2.05, 4.69) is 0 Å². The van der Waals surface area contributed by atoms with Crippen molar-refractivity contribution in [3.8, 4) is 5.75 Å². The molecule has 1 aliphatic rings.